The van der Waals surface area contributed by atoms with Gasteiger partial charge in [-0.2, -0.15) is 0 Å². The van der Waals surface area contributed by atoms with E-state index < -0.39 is 10.9 Å². The molecule has 1 saturated carbocycles. The van der Waals surface area contributed by atoms with E-state index in [1.54, 1.807) is 39.2 Å². The van der Waals surface area contributed by atoms with Gasteiger partial charge in [0.2, 0.25) is 6.41 Å². The van der Waals surface area contributed by atoms with Gasteiger partial charge in [-0.1, -0.05) is 55.3 Å². The van der Waals surface area contributed by atoms with Crippen LogP contribution in [0.4, 0.5) is 17.1 Å². The number of aryl methyl sites for hydroxylation is 1. The van der Waals surface area contributed by atoms with E-state index in [1.807, 2.05) is 18.2 Å². The lowest BCUT2D eigenvalue weighted by atomic mass is 9.87. The van der Waals surface area contributed by atoms with Gasteiger partial charge in [-0.05, 0) is 37.0 Å². The van der Waals surface area contributed by atoms with Crippen LogP contribution in [0.15, 0.2) is 58.1 Å². The maximum Gasteiger partial charge on any atom is 0.253 e. The topological polar surface area (TPSA) is 98.7 Å². The number of carbonyl (C=O) groups excluding carboxylic acids is 1. The number of anilines is 3. The third-order valence-corrected chi connectivity index (χ3v) is 5.77. The molecule has 0 aromatic heterocycles. The number of aromatic hydroxyl groups is 1. The summed E-state index contributed by atoms with van der Waals surface area (Å²) in [6.07, 6.45) is 4.70. The largest absolute Gasteiger partial charge is 0.505 e. The van der Waals surface area contributed by atoms with Gasteiger partial charge >= 0.3 is 0 Å². The molecule has 0 unspecified atom stereocenters. The average molecular weight is 436 g/mol. The normalized spacial score (nSPS) is 14.3. The molecule has 0 radical (unpaired) electrons. The van der Waals surface area contributed by atoms with Crippen LogP contribution in [0.5, 0.6) is 5.75 Å². The predicted octanol–water partition coefficient (Wildman–Crippen LogP) is 3.63. The van der Waals surface area contributed by atoms with Gasteiger partial charge in [0.05, 0.1) is 11.2 Å². The van der Waals surface area contributed by atoms with E-state index in [-0.39, 0.29) is 17.0 Å². The molecule has 7 nitrogen and oxygen atoms in total. The number of carbonyl (C=O) groups is 1. The summed E-state index contributed by atoms with van der Waals surface area (Å²) in [6, 6.07) is 15.3. The van der Waals surface area contributed by atoms with Crippen molar-refractivity contribution in [1.29, 1.82) is 0 Å². The fraction of sp³-hybridized carbons (Fsp3) is 0.320. The smallest absolute Gasteiger partial charge is 0.253 e. The molecule has 168 valence electrons. The molecule has 3 aromatic rings. The van der Waals surface area contributed by atoms with Crippen LogP contribution in [-0.2, 0) is 10.3 Å². The Kier molecular flexibility index (Phi) is 6.98. The van der Waals surface area contributed by atoms with Crippen molar-refractivity contribution >= 4 is 23.5 Å². The van der Waals surface area contributed by atoms with Crippen LogP contribution in [-0.4, -0.2) is 30.5 Å². The zero-order valence-corrected chi connectivity index (χ0v) is 18.6. The molecule has 32 heavy (non-hydrogen) atoms. The van der Waals surface area contributed by atoms with Crippen LogP contribution in [0.1, 0.15) is 36.8 Å². The Bertz CT molecular complexity index is 1140. The van der Waals surface area contributed by atoms with Crippen LogP contribution in [0.2, 0.25) is 0 Å². The van der Waals surface area contributed by atoms with Crippen molar-refractivity contribution < 1.29 is 9.90 Å². The number of nitrogens with one attached hydrogen (secondary N) is 2. The van der Waals surface area contributed by atoms with Crippen LogP contribution in [0.25, 0.3) is 0 Å². The number of hydrogen-bond acceptors (Lipinski definition) is 6. The number of phenolic OH excluding ortho intramolecular Hbond substituents is 1. The Hall–Kier alpha value is -3.61. The van der Waals surface area contributed by atoms with E-state index in [1.165, 1.54) is 4.90 Å². The van der Waals surface area contributed by atoms with E-state index in [2.05, 4.69) is 22.8 Å². The Morgan fingerprint density at radius 1 is 0.938 bits per heavy atom. The Labute approximate surface area is 187 Å². The molecule has 0 heterocycles. The summed E-state index contributed by atoms with van der Waals surface area (Å²) in [5, 5.41) is 16.6. The second-order valence-electron chi connectivity index (χ2n) is 8.35. The van der Waals surface area contributed by atoms with Crippen LogP contribution >= 0.6 is 0 Å². The highest BCUT2D eigenvalue weighted by atomic mass is 16.3. The number of benzene rings is 2. The molecule has 0 atom stereocenters. The highest BCUT2D eigenvalue weighted by molar-refractivity contribution is 5.81. The van der Waals surface area contributed by atoms with E-state index >= 15 is 0 Å². The molecule has 3 aromatic carbocycles. The minimum absolute atomic E-state index is 0.0788. The Morgan fingerprint density at radius 3 is 2.12 bits per heavy atom. The van der Waals surface area contributed by atoms with E-state index in [0.717, 1.165) is 37.7 Å². The summed E-state index contributed by atoms with van der Waals surface area (Å²) in [5.74, 6) is 0.0788. The molecule has 1 aliphatic rings. The lowest BCUT2D eigenvalue weighted by Crippen LogP contribution is -2.42. The number of phenols is 1. The minimum atomic E-state index is -0.556. The van der Waals surface area contributed by atoms with Gasteiger partial charge in [-0.3, -0.25) is 14.4 Å². The van der Waals surface area contributed by atoms with Crippen molar-refractivity contribution in [2.24, 2.45) is 0 Å². The molecule has 4 rings (SSSR count). The van der Waals surface area contributed by atoms with Crippen molar-refractivity contribution in [2.75, 3.05) is 24.7 Å². The lowest BCUT2D eigenvalue weighted by Gasteiger charge is -2.33. The van der Waals surface area contributed by atoms with Crippen molar-refractivity contribution in [1.82, 2.24) is 4.90 Å². The summed E-state index contributed by atoms with van der Waals surface area (Å²) in [7, 11) is 3.38. The zero-order valence-electron chi connectivity index (χ0n) is 18.6. The van der Waals surface area contributed by atoms with Gasteiger partial charge < -0.3 is 20.6 Å². The van der Waals surface area contributed by atoms with Crippen molar-refractivity contribution in [2.45, 2.75) is 38.1 Å². The SMILES string of the molecule is CN(C)C=O.Cc1cccc(Nc2c(NC3(c4ccccc4)CCCC3)c(=O)c2=O)c1O. The van der Waals surface area contributed by atoms with Crippen LogP contribution in [0, 0.1) is 6.92 Å². The zero-order chi connectivity index (χ0) is 23.3. The molecule has 0 aliphatic heterocycles. The predicted molar refractivity (Wildman–Crippen MR) is 127 cm³/mol. The molecule has 1 amide bonds. The minimum Gasteiger partial charge on any atom is -0.505 e. The fourth-order valence-electron chi connectivity index (χ4n) is 3.99. The van der Waals surface area contributed by atoms with Gasteiger partial charge in [-0.15, -0.1) is 0 Å². The quantitative estimate of drug-likeness (QED) is 0.311. The third kappa shape index (κ3) is 4.66. The molecular formula is C25H29N3O4. The maximum atomic E-state index is 12.3. The van der Waals surface area contributed by atoms with E-state index in [4.69, 9.17) is 0 Å². The molecular weight excluding hydrogens is 406 g/mol. The summed E-state index contributed by atoms with van der Waals surface area (Å²) in [4.78, 5) is 35.4. The van der Waals surface area contributed by atoms with Gasteiger partial charge in [0.1, 0.15) is 17.1 Å². The highest BCUT2D eigenvalue weighted by Gasteiger charge is 2.38. The monoisotopic (exact) mass is 435 g/mol. The van der Waals surface area contributed by atoms with E-state index in [9.17, 15) is 19.5 Å². The average Bonchev–Trinajstić information content (AvgIpc) is 3.29. The first kappa shape index (κ1) is 23.1. The molecule has 0 spiro atoms. The van der Waals surface area contributed by atoms with Crippen molar-refractivity contribution in [3.63, 3.8) is 0 Å². The molecule has 1 fully saturated rings. The van der Waals surface area contributed by atoms with Crippen molar-refractivity contribution in [3.05, 3.63) is 80.1 Å². The summed E-state index contributed by atoms with van der Waals surface area (Å²) in [5.41, 5.74) is 1.38. The molecule has 3 N–H and O–H groups in total. The summed E-state index contributed by atoms with van der Waals surface area (Å²) < 4.78 is 0. The Morgan fingerprint density at radius 2 is 1.53 bits per heavy atom. The number of nitrogens with zero attached hydrogens (tertiary/aromatic N) is 1. The second kappa shape index (κ2) is 9.68. The van der Waals surface area contributed by atoms with Gasteiger partial charge in [-0.25, -0.2) is 0 Å². The first-order chi connectivity index (χ1) is 15.3. The second-order valence-corrected chi connectivity index (χ2v) is 8.35. The summed E-state index contributed by atoms with van der Waals surface area (Å²) >= 11 is 0. The third-order valence-electron chi connectivity index (χ3n) is 5.77. The fourth-order valence-corrected chi connectivity index (χ4v) is 3.99. The van der Waals surface area contributed by atoms with Gasteiger partial charge in [0, 0.05) is 14.1 Å². The maximum absolute atomic E-state index is 12.3. The van der Waals surface area contributed by atoms with Crippen LogP contribution < -0.4 is 21.5 Å². The standard InChI is InChI=1S/C22H22N2O3.C3H7NO/c1-14-8-7-11-16(19(14)25)23-17-18(21(27)20(17)26)24-22(12-5-6-13-22)15-9-3-2-4-10-15;1-4(2)3-5/h2-4,7-11,23-25H,5-6,12-13H2,1H3;3H,1-2H3. The number of para-hydroxylation sites is 1. The van der Waals surface area contributed by atoms with E-state index in [0.29, 0.717) is 16.9 Å². The van der Waals surface area contributed by atoms with Gasteiger partial charge in [0.15, 0.2) is 0 Å². The molecule has 0 bridgehead atoms. The number of rotatable bonds is 6. The van der Waals surface area contributed by atoms with Gasteiger partial charge in [0.25, 0.3) is 10.9 Å². The van der Waals surface area contributed by atoms with Crippen LogP contribution in [0.3, 0.4) is 0 Å². The molecule has 0 saturated heterocycles. The lowest BCUT2D eigenvalue weighted by molar-refractivity contribution is -0.115. The first-order valence-electron chi connectivity index (χ1n) is 10.6. The first-order valence-corrected chi connectivity index (χ1v) is 10.6. The number of amides is 1. The summed E-state index contributed by atoms with van der Waals surface area (Å²) in [6.45, 7) is 1.78. The molecule has 7 heteroatoms. The van der Waals surface area contributed by atoms with Crippen molar-refractivity contribution in [3.8, 4) is 5.75 Å². The highest BCUT2D eigenvalue weighted by Crippen LogP contribution is 2.42. The Balaban J connectivity index is 0.000000523. The number of hydrogen-bond donors (Lipinski definition) is 3. The molecule has 1 aliphatic carbocycles.